The van der Waals surface area contributed by atoms with Gasteiger partial charge in [0.2, 0.25) is 11.0 Å². The molecule has 182 valence electrons. The molecule has 1 aliphatic heterocycles. The summed E-state index contributed by atoms with van der Waals surface area (Å²) in [5, 5.41) is 4.44. The third-order valence-electron chi connectivity index (χ3n) is 5.53. The SMILES string of the molecule is NC=NC(=S)NS(=O)(=O)c1ccc(N2CC[C@H](NC(=O)Cn3ccc4cccc(Cl)c43)C2)cc1.[HH].[HH]. The van der Waals surface area contributed by atoms with Crippen LogP contribution in [0.2, 0.25) is 5.02 Å². The van der Waals surface area contributed by atoms with Gasteiger partial charge in [-0.15, -0.1) is 0 Å². The molecule has 0 bridgehead atoms. The third-order valence-corrected chi connectivity index (χ3v) is 7.53. The molecule has 1 aromatic heterocycles. The highest BCUT2D eigenvalue weighted by atomic mass is 35.5. The molecule has 0 spiro atoms. The number of carbonyl (C=O) groups is 1. The summed E-state index contributed by atoms with van der Waals surface area (Å²) in [6.07, 6.45) is 3.56. The van der Waals surface area contributed by atoms with Gasteiger partial charge in [0.15, 0.2) is 0 Å². The van der Waals surface area contributed by atoms with Gasteiger partial charge < -0.3 is 20.5 Å². The number of carbonyl (C=O) groups excluding carboxylic acids is 1. The Labute approximate surface area is 210 Å². The lowest BCUT2D eigenvalue weighted by molar-refractivity contribution is -0.122. The molecule has 4 N–H and O–H groups in total. The van der Waals surface area contributed by atoms with Crippen molar-refractivity contribution in [3.05, 3.63) is 59.8 Å². The molecular formula is C22H27ClN6O3S2. The van der Waals surface area contributed by atoms with E-state index in [1.807, 2.05) is 35.0 Å². The lowest BCUT2D eigenvalue weighted by atomic mass is 10.2. The molecule has 1 amide bonds. The lowest BCUT2D eigenvalue weighted by Gasteiger charge is -2.19. The Morgan fingerprint density at radius 1 is 1.26 bits per heavy atom. The van der Waals surface area contributed by atoms with Crippen LogP contribution in [0, 0.1) is 0 Å². The van der Waals surface area contributed by atoms with Crippen molar-refractivity contribution in [3.63, 3.8) is 0 Å². The zero-order valence-corrected chi connectivity index (χ0v) is 20.4. The topological polar surface area (TPSA) is 122 Å². The number of anilines is 1. The van der Waals surface area contributed by atoms with E-state index in [0.717, 1.165) is 35.9 Å². The number of aliphatic imine (C=N–C) groups is 1. The monoisotopic (exact) mass is 522 g/mol. The maximum Gasteiger partial charge on any atom is 0.263 e. The van der Waals surface area contributed by atoms with Crippen molar-refractivity contribution in [1.82, 2.24) is 14.6 Å². The summed E-state index contributed by atoms with van der Waals surface area (Å²) in [6, 6.07) is 14.0. The fourth-order valence-corrected chi connectivity index (χ4v) is 5.57. The molecule has 0 saturated carbocycles. The second-order valence-electron chi connectivity index (χ2n) is 7.80. The second kappa shape index (κ2) is 10.00. The summed E-state index contributed by atoms with van der Waals surface area (Å²) < 4.78 is 28.8. The van der Waals surface area contributed by atoms with Crippen LogP contribution < -0.4 is 20.7 Å². The van der Waals surface area contributed by atoms with Crippen LogP contribution in [-0.2, 0) is 21.4 Å². The molecule has 0 radical (unpaired) electrons. The van der Waals surface area contributed by atoms with Gasteiger partial charge in [0.1, 0.15) is 6.54 Å². The Kier molecular flexibility index (Phi) is 7.05. The fourth-order valence-electron chi connectivity index (χ4n) is 3.99. The Balaban J connectivity index is 0.00000228. The zero-order valence-electron chi connectivity index (χ0n) is 18.0. The van der Waals surface area contributed by atoms with E-state index in [4.69, 9.17) is 29.6 Å². The van der Waals surface area contributed by atoms with E-state index in [1.54, 1.807) is 12.1 Å². The molecule has 2 heterocycles. The number of rotatable bonds is 6. The second-order valence-corrected chi connectivity index (χ2v) is 10.3. The average molecular weight is 523 g/mol. The van der Waals surface area contributed by atoms with Crippen LogP contribution in [0.4, 0.5) is 5.69 Å². The molecule has 2 aromatic carbocycles. The highest BCUT2D eigenvalue weighted by molar-refractivity contribution is 7.91. The Morgan fingerprint density at radius 3 is 2.76 bits per heavy atom. The molecule has 1 atom stereocenters. The van der Waals surface area contributed by atoms with Gasteiger partial charge in [0, 0.05) is 39.3 Å². The molecule has 0 unspecified atom stereocenters. The fraction of sp³-hybridized carbons (Fsp3) is 0.227. The van der Waals surface area contributed by atoms with Gasteiger partial charge >= 0.3 is 0 Å². The maximum atomic E-state index is 12.7. The van der Waals surface area contributed by atoms with Crippen molar-refractivity contribution in [2.45, 2.75) is 23.9 Å². The van der Waals surface area contributed by atoms with Crippen molar-refractivity contribution in [3.8, 4) is 0 Å². The predicted molar refractivity (Wildman–Crippen MR) is 142 cm³/mol. The third kappa shape index (κ3) is 5.32. The normalized spacial score (nSPS) is 16.3. The van der Waals surface area contributed by atoms with E-state index in [1.165, 1.54) is 12.1 Å². The highest BCUT2D eigenvalue weighted by Gasteiger charge is 2.25. The molecular weight excluding hydrogens is 496 g/mol. The van der Waals surface area contributed by atoms with Gasteiger partial charge in [-0.05, 0) is 55.0 Å². The summed E-state index contributed by atoms with van der Waals surface area (Å²) in [6.45, 7) is 1.54. The number of nitrogens with one attached hydrogen (secondary N) is 2. The van der Waals surface area contributed by atoms with E-state index >= 15 is 0 Å². The highest BCUT2D eigenvalue weighted by Crippen LogP contribution is 2.25. The van der Waals surface area contributed by atoms with Crippen LogP contribution in [0.3, 0.4) is 0 Å². The number of hydrogen-bond acceptors (Lipinski definition) is 5. The van der Waals surface area contributed by atoms with E-state index < -0.39 is 10.0 Å². The first-order valence-corrected chi connectivity index (χ1v) is 12.7. The first-order valence-electron chi connectivity index (χ1n) is 10.5. The number of nitrogens with two attached hydrogens (primary N) is 1. The minimum Gasteiger partial charge on any atom is -0.390 e. The molecule has 9 nitrogen and oxygen atoms in total. The number of aromatic nitrogens is 1. The van der Waals surface area contributed by atoms with E-state index in [2.05, 4.69) is 19.9 Å². The molecule has 3 aromatic rings. The average Bonchev–Trinajstić information content (AvgIpc) is 3.42. The number of hydrogen-bond donors (Lipinski definition) is 3. The van der Waals surface area contributed by atoms with Gasteiger partial charge in [-0.3, -0.25) is 9.52 Å². The van der Waals surface area contributed by atoms with Crippen LogP contribution in [0.5, 0.6) is 0 Å². The molecule has 12 heteroatoms. The Bertz CT molecular complexity index is 1370. The molecule has 34 heavy (non-hydrogen) atoms. The zero-order chi connectivity index (χ0) is 24.3. The summed E-state index contributed by atoms with van der Waals surface area (Å²) in [7, 11) is -3.84. The van der Waals surface area contributed by atoms with E-state index in [-0.39, 0.29) is 31.4 Å². The van der Waals surface area contributed by atoms with Gasteiger partial charge in [0.05, 0.1) is 21.8 Å². The molecule has 1 aliphatic rings. The summed E-state index contributed by atoms with van der Waals surface area (Å²) >= 11 is 11.1. The number of amides is 1. The minimum absolute atomic E-state index is 0. The number of halogens is 1. The van der Waals surface area contributed by atoms with Crippen LogP contribution >= 0.6 is 23.8 Å². The van der Waals surface area contributed by atoms with Crippen molar-refractivity contribution < 1.29 is 16.1 Å². The van der Waals surface area contributed by atoms with Crippen molar-refractivity contribution in [2.24, 2.45) is 10.7 Å². The minimum atomic E-state index is -3.84. The first-order chi connectivity index (χ1) is 16.3. The van der Waals surface area contributed by atoms with Crippen LogP contribution in [0.25, 0.3) is 10.9 Å². The number of nitrogens with zero attached hydrogens (tertiary/aromatic N) is 3. The number of sulfonamides is 1. The summed E-state index contributed by atoms with van der Waals surface area (Å²) in [5.41, 5.74) is 6.83. The van der Waals surface area contributed by atoms with Crippen molar-refractivity contribution in [1.29, 1.82) is 0 Å². The van der Waals surface area contributed by atoms with Gasteiger partial charge in [-0.2, -0.15) is 0 Å². The smallest absolute Gasteiger partial charge is 0.263 e. The van der Waals surface area contributed by atoms with Crippen LogP contribution in [-0.4, -0.2) is 49.5 Å². The van der Waals surface area contributed by atoms with Crippen molar-refractivity contribution >= 4 is 67.8 Å². The first kappa shape index (κ1) is 24.0. The van der Waals surface area contributed by atoms with Crippen molar-refractivity contribution in [2.75, 3.05) is 18.0 Å². The number of para-hydroxylation sites is 1. The molecule has 4 rings (SSSR count). The number of thiocarbonyl (C=S) groups is 1. The van der Waals surface area contributed by atoms with Crippen LogP contribution in [0.15, 0.2) is 64.6 Å². The van der Waals surface area contributed by atoms with E-state index in [0.29, 0.717) is 11.6 Å². The van der Waals surface area contributed by atoms with Crippen LogP contribution in [0.1, 0.15) is 9.27 Å². The lowest BCUT2D eigenvalue weighted by Crippen LogP contribution is -2.38. The largest absolute Gasteiger partial charge is 0.390 e. The maximum absolute atomic E-state index is 12.7. The Morgan fingerprint density at radius 2 is 2.03 bits per heavy atom. The standard InChI is InChI=1S/C22H23ClN6O3S2.2H2/c23-19-3-1-2-15-8-10-29(21(15)19)13-20(30)26-16-9-11-28(12-16)17-4-6-18(7-5-17)34(31,32)27-22(33)25-14-24;;/h1-8,10,14,16H,9,11-13H2,(H,26,30)(H3,24,25,27,33);2*1H/t16-;;/m0../s1. The quantitative estimate of drug-likeness (QED) is 0.260. The summed E-state index contributed by atoms with van der Waals surface area (Å²) in [4.78, 5) is 18.4. The van der Waals surface area contributed by atoms with Gasteiger partial charge in [-0.1, -0.05) is 23.7 Å². The molecule has 0 aliphatic carbocycles. The molecule has 1 fully saturated rings. The predicted octanol–water partition coefficient (Wildman–Crippen LogP) is 2.73. The van der Waals surface area contributed by atoms with E-state index in [9.17, 15) is 13.2 Å². The van der Waals surface area contributed by atoms with Gasteiger partial charge in [0.25, 0.3) is 10.0 Å². The molecule has 1 saturated heterocycles. The van der Waals surface area contributed by atoms with Gasteiger partial charge in [-0.25, -0.2) is 13.4 Å². The number of benzene rings is 2. The Hall–Kier alpha value is -3.15. The number of fused-ring (bicyclic) bond motifs is 1. The summed E-state index contributed by atoms with van der Waals surface area (Å²) in [5.74, 6) is -0.0899.